The van der Waals surface area contributed by atoms with Crippen LogP contribution in [0.2, 0.25) is 0 Å². The molecule has 0 fully saturated rings. The third kappa shape index (κ3) is 1.79. The monoisotopic (exact) mass is 190 g/mol. The Kier molecular flexibility index (Phi) is 2.26. The zero-order chi connectivity index (χ0) is 9.97. The Labute approximate surface area is 83.2 Å². The lowest BCUT2D eigenvalue weighted by Crippen LogP contribution is -2.04. The van der Waals surface area contributed by atoms with Gasteiger partial charge in [-0.2, -0.15) is 5.10 Å². The van der Waals surface area contributed by atoms with Crippen LogP contribution in [0.5, 0.6) is 0 Å². The van der Waals surface area contributed by atoms with Gasteiger partial charge in [-0.05, 0) is 12.1 Å². The molecule has 0 unspecified atom stereocenters. The summed E-state index contributed by atoms with van der Waals surface area (Å²) in [5.74, 6) is 0.911. The zero-order valence-electron chi connectivity index (χ0n) is 8.44. The van der Waals surface area contributed by atoms with E-state index in [1.807, 2.05) is 38.6 Å². The van der Waals surface area contributed by atoms with Crippen molar-refractivity contribution in [2.24, 2.45) is 14.1 Å². The fourth-order valence-electron chi connectivity index (χ4n) is 1.37. The highest BCUT2D eigenvalue weighted by atomic mass is 15.3. The number of rotatable bonds is 3. The van der Waals surface area contributed by atoms with Gasteiger partial charge in [0.1, 0.15) is 5.82 Å². The maximum atomic E-state index is 4.24. The quantitative estimate of drug-likeness (QED) is 0.793. The second-order valence-electron chi connectivity index (χ2n) is 3.34. The molecule has 0 spiro atoms. The minimum absolute atomic E-state index is 0.806. The van der Waals surface area contributed by atoms with Gasteiger partial charge in [-0.15, -0.1) is 0 Å². The van der Waals surface area contributed by atoms with Crippen molar-refractivity contribution in [3.63, 3.8) is 0 Å². The van der Waals surface area contributed by atoms with Gasteiger partial charge in [0.15, 0.2) is 0 Å². The first-order valence-corrected chi connectivity index (χ1v) is 4.59. The second kappa shape index (κ2) is 3.57. The van der Waals surface area contributed by atoms with Gasteiger partial charge in [0.25, 0.3) is 0 Å². The predicted molar refractivity (Wildman–Crippen MR) is 55.9 cm³/mol. The molecule has 1 N–H and O–H groups in total. The molecule has 0 aliphatic carbocycles. The van der Waals surface area contributed by atoms with E-state index in [1.165, 1.54) is 5.69 Å². The highest BCUT2D eigenvalue weighted by Gasteiger charge is 1.98. The van der Waals surface area contributed by atoms with Crippen molar-refractivity contribution < 1.29 is 0 Å². The van der Waals surface area contributed by atoms with Crippen LogP contribution in [0.15, 0.2) is 30.6 Å². The van der Waals surface area contributed by atoms with Gasteiger partial charge in [0, 0.05) is 38.2 Å². The normalized spacial score (nSPS) is 10.4. The summed E-state index contributed by atoms with van der Waals surface area (Å²) in [6, 6.07) is 6.09. The first-order valence-electron chi connectivity index (χ1n) is 4.59. The Morgan fingerprint density at radius 1 is 1.29 bits per heavy atom. The summed E-state index contributed by atoms with van der Waals surface area (Å²) in [6.07, 6.45) is 3.96. The van der Waals surface area contributed by atoms with E-state index in [2.05, 4.69) is 21.0 Å². The molecule has 0 atom stereocenters. The number of hydrogen-bond acceptors (Lipinski definition) is 2. The number of nitrogens with one attached hydrogen (secondary N) is 1. The molecular weight excluding hydrogens is 176 g/mol. The predicted octanol–water partition coefficient (Wildman–Crippen LogP) is 1.37. The molecule has 0 aromatic carbocycles. The number of aryl methyl sites for hydroxylation is 2. The van der Waals surface area contributed by atoms with E-state index in [4.69, 9.17) is 0 Å². The minimum Gasteiger partial charge on any atom is -0.363 e. The van der Waals surface area contributed by atoms with Crippen LogP contribution >= 0.6 is 0 Å². The highest BCUT2D eigenvalue weighted by Crippen LogP contribution is 2.05. The van der Waals surface area contributed by atoms with E-state index in [9.17, 15) is 0 Å². The van der Waals surface area contributed by atoms with E-state index in [-0.39, 0.29) is 0 Å². The standard InChI is InChI=1S/C10H14N4/c1-13-6-3-4-9(13)8-11-10-5-7-14(2)12-10/h3-7H,8H2,1-2H3,(H,11,12). The van der Waals surface area contributed by atoms with E-state index < -0.39 is 0 Å². The van der Waals surface area contributed by atoms with Crippen LogP contribution in [0.25, 0.3) is 0 Å². The first-order chi connectivity index (χ1) is 6.75. The summed E-state index contributed by atoms with van der Waals surface area (Å²) < 4.78 is 3.88. The fourth-order valence-corrected chi connectivity index (χ4v) is 1.37. The fraction of sp³-hybridized carbons (Fsp3) is 0.300. The van der Waals surface area contributed by atoms with Crippen molar-refractivity contribution in [2.75, 3.05) is 5.32 Å². The van der Waals surface area contributed by atoms with Crippen LogP contribution in [0.3, 0.4) is 0 Å². The Morgan fingerprint density at radius 2 is 2.14 bits per heavy atom. The van der Waals surface area contributed by atoms with Gasteiger partial charge in [-0.25, -0.2) is 0 Å². The molecule has 2 aromatic heterocycles. The van der Waals surface area contributed by atoms with Gasteiger partial charge in [-0.3, -0.25) is 4.68 Å². The zero-order valence-corrected chi connectivity index (χ0v) is 8.44. The lowest BCUT2D eigenvalue weighted by molar-refractivity contribution is 0.765. The average Bonchev–Trinajstić information content (AvgIpc) is 2.72. The van der Waals surface area contributed by atoms with Crippen molar-refractivity contribution in [1.29, 1.82) is 0 Å². The molecule has 0 aliphatic rings. The van der Waals surface area contributed by atoms with E-state index >= 15 is 0 Å². The van der Waals surface area contributed by atoms with E-state index in [0.717, 1.165) is 12.4 Å². The first kappa shape index (κ1) is 8.87. The Hall–Kier alpha value is -1.71. The molecule has 4 nitrogen and oxygen atoms in total. The molecule has 0 radical (unpaired) electrons. The average molecular weight is 190 g/mol. The van der Waals surface area contributed by atoms with Gasteiger partial charge >= 0.3 is 0 Å². The number of hydrogen-bond donors (Lipinski definition) is 1. The van der Waals surface area contributed by atoms with Crippen LogP contribution in [-0.2, 0) is 20.6 Å². The summed E-state index contributed by atoms with van der Waals surface area (Å²) in [6.45, 7) is 0.806. The van der Waals surface area contributed by atoms with E-state index in [0.29, 0.717) is 0 Å². The summed E-state index contributed by atoms with van der Waals surface area (Å²) in [5, 5.41) is 7.49. The largest absolute Gasteiger partial charge is 0.363 e. The highest BCUT2D eigenvalue weighted by molar-refractivity contribution is 5.32. The smallest absolute Gasteiger partial charge is 0.148 e. The molecule has 0 amide bonds. The van der Waals surface area contributed by atoms with Crippen molar-refractivity contribution in [3.8, 4) is 0 Å². The topological polar surface area (TPSA) is 34.8 Å². The minimum atomic E-state index is 0.806. The molecule has 0 aliphatic heterocycles. The second-order valence-corrected chi connectivity index (χ2v) is 3.34. The van der Waals surface area contributed by atoms with Gasteiger partial charge in [-0.1, -0.05) is 0 Å². The Balaban J connectivity index is 1.98. The van der Waals surface area contributed by atoms with Crippen LogP contribution in [0.1, 0.15) is 5.69 Å². The van der Waals surface area contributed by atoms with Crippen molar-refractivity contribution in [3.05, 3.63) is 36.3 Å². The molecule has 74 valence electrons. The van der Waals surface area contributed by atoms with Crippen LogP contribution in [-0.4, -0.2) is 14.3 Å². The SMILES string of the molecule is Cn1ccc(NCc2cccn2C)n1. The summed E-state index contributed by atoms with van der Waals surface area (Å²) in [7, 11) is 3.95. The molecule has 2 rings (SSSR count). The van der Waals surface area contributed by atoms with Crippen LogP contribution in [0, 0.1) is 0 Å². The molecule has 0 bridgehead atoms. The summed E-state index contributed by atoms with van der Waals surface area (Å²) in [4.78, 5) is 0. The third-order valence-electron chi connectivity index (χ3n) is 2.22. The maximum absolute atomic E-state index is 4.24. The lowest BCUT2D eigenvalue weighted by Gasteiger charge is -2.04. The maximum Gasteiger partial charge on any atom is 0.148 e. The van der Waals surface area contributed by atoms with Gasteiger partial charge in [0.05, 0.1) is 6.54 Å². The van der Waals surface area contributed by atoms with Crippen LogP contribution < -0.4 is 5.32 Å². The van der Waals surface area contributed by atoms with Crippen molar-refractivity contribution in [2.45, 2.75) is 6.54 Å². The number of aromatic nitrogens is 3. The molecule has 14 heavy (non-hydrogen) atoms. The number of anilines is 1. The Morgan fingerprint density at radius 3 is 2.71 bits per heavy atom. The number of nitrogens with zero attached hydrogens (tertiary/aromatic N) is 3. The van der Waals surface area contributed by atoms with E-state index in [1.54, 1.807) is 4.68 Å². The molecule has 4 heteroatoms. The molecule has 2 aromatic rings. The van der Waals surface area contributed by atoms with Gasteiger partial charge in [0.2, 0.25) is 0 Å². The summed E-state index contributed by atoms with van der Waals surface area (Å²) >= 11 is 0. The van der Waals surface area contributed by atoms with Crippen LogP contribution in [0.4, 0.5) is 5.82 Å². The van der Waals surface area contributed by atoms with Gasteiger partial charge < -0.3 is 9.88 Å². The lowest BCUT2D eigenvalue weighted by atomic mass is 10.4. The molecule has 2 heterocycles. The Bertz CT molecular complexity index is 413. The molecular formula is C10H14N4. The molecule has 0 saturated carbocycles. The molecule has 0 saturated heterocycles. The van der Waals surface area contributed by atoms with Crippen molar-refractivity contribution in [1.82, 2.24) is 14.3 Å². The van der Waals surface area contributed by atoms with Crippen molar-refractivity contribution >= 4 is 5.82 Å². The third-order valence-corrected chi connectivity index (χ3v) is 2.22. The summed E-state index contributed by atoms with van der Waals surface area (Å²) in [5.41, 5.74) is 1.25.